The van der Waals surface area contributed by atoms with Crippen molar-refractivity contribution >= 4 is 17.5 Å². The van der Waals surface area contributed by atoms with E-state index in [1.807, 2.05) is 0 Å². The Labute approximate surface area is 105 Å². The van der Waals surface area contributed by atoms with E-state index in [1.165, 1.54) is 12.1 Å². The van der Waals surface area contributed by atoms with Gasteiger partial charge in [0.15, 0.2) is 0 Å². The van der Waals surface area contributed by atoms with Crippen LogP contribution < -0.4 is 5.32 Å². The normalized spacial score (nSPS) is 19.9. The molecule has 0 radical (unpaired) electrons. The summed E-state index contributed by atoms with van der Waals surface area (Å²) in [5.41, 5.74) is 0.443. The van der Waals surface area contributed by atoms with Gasteiger partial charge in [0.05, 0.1) is 17.7 Å². The highest BCUT2D eigenvalue weighted by Crippen LogP contribution is 2.23. The molecule has 0 saturated carbocycles. The molecule has 1 amide bonds. The topological polar surface area (TPSA) is 58.6 Å². The quantitative estimate of drug-likeness (QED) is 0.849. The number of hydrogen-bond donors (Lipinski definition) is 2. The molecule has 1 saturated heterocycles. The molecule has 1 unspecified atom stereocenters. The average Bonchev–Trinajstić information content (AvgIpc) is 2.34. The van der Waals surface area contributed by atoms with Gasteiger partial charge in [-0.1, -0.05) is 11.6 Å². The summed E-state index contributed by atoms with van der Waals surface area (Å²) in [6, 6.07) is 4.47. The average molecular weight is 256 g/mol. The number of phenols is 1. The van der Waals surface area contributed by atoms with E-state index in [1.54, 1.807) is 6.07 Å². The fourth-order valence-corrected chi connectivity index (χ4v) is 1.95. The molecule has 92 valence electrons. The summed E-state index contributed by atoms with van der Waals surface area (Å²) in [7, 11) is 0. The molecule has 2 rings (SSSR count). The van der Waals surface area contributed by atoms with Gasteiger partial charge in [-0.15, -0.1) is 0 Å². The number of carbonyl (C=O) groups is 1. The van der Waals surface area contributed by atoms with Crippen molar-refractivity contribution < 1.29 is 14.6 Å². The Morgan fingerprint density at radius 1 is 1.53 bits per heavy atom. The van der Waals surface area contributed by atoms with Crippen molar-refractivity contribution in [3.63, 3.8) is 0 Å². The molecule has 0 bridgehead atoms. The SMILES string of the molecule is O=C(NC1CCCOC1)c1ccc(O)c(Cl)c1. The van der Waals surface area contributed by atoms with E-state index in [4.69, 9.17) is 16.3 Å². The number of phenolic OH excluding ortho intramolecular Hbond substituents is 1. The first-order valence-corrected chi connectivity index (χ1v) is 5.92. The molecule has 1 heterocycles. The predicted octanol–water partition coefficient (Wildman–Crippen LogP) is 1.95. The van der Waals surface area contributed by atoms with Crippen LogP contribution >= 0.6 is 11.6 Å². The van der Waals surface area contributed by atoms with Gasteiger partial charge in [-0.2, -0.15) is 0 Å². The molecule has 1 aliphatic rings. The number of amides is 1. The lowest BCUT2D eigenvalue weighted by atomic mass is 10.1. The van der Waals surface area contributed by atoms with Crippen molar-refractivity contribution in [1.29, 1.82) is 0 Å². The Kier molecular flexibility index (Phi) is 3.86. The zero-order valence-corrected chi connectivity index (χ0v) is 10.0. The van der Waals surface area contributed by atoms with Crippen LogP contribution in [-0.2, 0) is 4.74 Å². The van der Waals surface area contributed by atoms with Crippen molar-refractivity contribution in [2.45, 2.75) is 18.9 Å². The number of nitrogens with one attached hydrogen (secondary N) is 1. The van der Waals surface area contributed by atoms with E-state index < -0.39 is 0 Å². The van der Waals surface area contributed by atoms with Crippen LogP contribution in [-0.4, -0.2) is 30.3 Å². The van der Waals surface area contributed by atoms with Gasteiger partial charge < -0.3 is 15.2 Å². The lowest BCUT2D eigenvalue weighted by molar-refractivity contribution is 0.0624. The van der Waals surface area contributed by atoms with Gasteiger partial charge in [0.2, 0.25) is 0 Å². The Morgan fingerprint density at radius 2 is 2.35 bits per heavy atom. The maximum atomic E-state index is 11.9. The monoisotopic (exact) mass is 255 g/mol. The number of benzene rings is 1. The number of rotatable bonds is 2. The molecule has 1 aromatic rings. The first-order valence-electron chi connectivity index (χ1n) is 5.54. The predicted molar refractivity (Wildman–Crippen MR) is 64.4 cm³/mol. The highest BCUT2D eigenvalue weighted by molar-refractivity contribution is 6.32. The molecule has 1 atom stereocenters. The van der Waals surface area contributed by atoms with Crippen LogP contribution in [0, 0.1) is 0 Å². The number of aromatic hydroxyl groups is 1. The van der Waals surface area contributed by atoms with E-state index in [0.29, 0.717) is 12.2 Å². The summed E-state index contributed by atoms with van der Waals surface area (Å²) in [6.45, 7) is 1.31. The van der Waals surface area contributed by atoms with Crippen LogP contribution in [0.5, 0.6) is 5.75 Å². The van der Waals surface area contributed by atoms with Gasteiger partial charge in [-0.05, 0) is 31.0 Å². The molecular formula is C12H14ClNO3. The van der Waals surface area contributed by atoms with Crippen LogP contribution in [0.25, 0.3) is 0 Å². The largest absolute Gasteiger partial charge is 0.506 e. The van der Waals surface area contributed by atoms with E-state index in [0.717, 1.165) is 19.4 Å². The minimum Gasteiger partial charge on any atom is -0.506 e. The van der Waals surface area contributed by atoms with Crippen LogP contribution in [0.4, 0.5) is 0 Å². The van der Waals surface area contributed by atoms with Crippen molar-refractivity contribution in [1.82, 2.24) is 5.32 Å². The summed E-state index contributed by atoms with van der Waals surface area (Å²) in [6.07, 6.45) is 1.89. The van der Waals surface area contributed by atoms with Crippen LogP contribution in [0.15, 0.2) is 18.2 Å². The molecule has 4 nitrogen and oxygen atoms in total. The molecule has 0 aromatic heterocycles. The van der Waals surface area contributed by atoms with E-state index in [-0.39, 0.29) is 22.7 Å². The Balaban J connectivity index is 2.01. The van der Waals surface area contributed by atoms with Crippen LogP contribution in [0.3, 0.4) is 0 Å². The second-order valence-corrected chi connectivity index (χ2v) is 4.46. The second kappa shape index (κ2) is 5.38. The molecule has 1 aromatic carbocycles. The molecule has 1 aliphatic heterocycles. The third-order valence-corrected chi connectivity index (χ3v) is 3.01. The minimum atomic E-state index is -0.192. The first-order chi connectivity index (χ1) is 8.16. The Bertz CT molecular complexity index is 416. The lowest BCUT2D eigenvalue weighted by Crippen LogP contribution is -2.40. The second-order valence-electron chi connectivity index (χ2n) is 4.05. The number of hydrogen-bond acceptors (Lipinski definition) is 3. The Hall–Kier alpha value is -1.26. The van der Waals surface area contributed by atoms with Crippen molar-refractivity contribution in [2.24, 2.45) is 0 Å². The summed E-state index contributed by atoms with van der Waals surface area (Å²) < 4.78 is 5.28. The molecule has 5 heteroatoms. The zero-order valence-electron chi connectivity index (χ0n) is 9.28. The van der Waals surface area contributed by atoms with Crippen LogP contribution in [0.1, 0.15) is 23.2 Å². The number of ether oxygens (including phenoxy) is 1. The summed E-state index contributed by atoms with van der Waals surface area (Å²) >= 11 is 5.75. The Morgan fingerprint density at radius 3 is 3.00 bits per heavy atom. The summed E-state index contributed by atoms with van der Waals surface area (Å²) in [4.78, 5) is 11.9. The highest BCUT2D eigenvalue weighted by Gasteiger charge is 2.17. The molecule has 0 aliphatic carbocycles. The van der Waals surface area contributed by atoms with Gasteiger partial charge in [-0.25, -0.2) is 0 Å². The van der Waals surface area contributed by atoms with Gasteiger partial charge in [0, 0.05) is 12.2 Å². The summed E-state index contributed by atoms with van der Waals surface area (Å²) in [5.74, 6) is -0.216. The van der Waals surface area contributed by atoms with Crippen LogP contribution in [0.2, 0.25) is 5.02 Å². The third kappa shape index (κ3) is 3.11. The lowest BCUT2D eigenvalue weighted by Gasteiger charge is -2.23. The van der Waals surface area contributed by atoms with Gasteiger partial charge >= 0.3 is 0 Å². The highest BCUT2D eigenvalue weighted by atomic mass is 35.5. The molecule has 17 heavy (non-hydrogen) atoms. The van der Waals surface area contributed by atoms with Gasteiger partial charge in [-0.3, -0.25) is 4.79 Å². The molecule has 2 N–H and O–H groups in total. The molecular weight excluding hydrogens is 242 g/mol. The minimum absolute atomic E-state index is 0.0239. The number of carbonyl (C=O) groups excluding carboxylic acids is 1. The first kappa shape index (κ1) is 12.2. The fourth-order valence-electron chi connectivity index (χ4n) is 1.77. The summed E-state index contributed by atoms with van der Waals surface area (Å²) in [5, 5.41) is 12.3. The smallest absolute Gasteiger partial charge is 0.251 e. The molecule has 0 spiro atoms. The van der Waals surface area contributed by atoms with E-state index in [2.05, 4.69) is 5.32 Å². The van der Waals surface area contributed by atoms with Gasteiger partial charge in [0.1, 0.15) is 5.75 Å². The van der Waals surface area contributed by atoms with Gasteiger partial charge in [0.25, 0.3) is 5.91 Å². The number of halogens is 1. The zero-order chi connectivity index (χ0) is 12.3. The molecule has 1 fully saturated rings. The van der Waals surface area contributed by atoms with E-state index >= 15 is 0 Å². The van der Waals surface area contributed by atoms with Crippen molar-refractivity contribution in [2.75, 3.05) is 13.2 Å². The third-order valence-electron chi connectivity index (χ3n) is 2.71. The van der Waals surface area contributed by atoms with E-state index in [9.17, 15) is 9.90 Å². The standard InChI is InChI=1S/C12H14ClNO3/c13-10-6-8(3-4-11(10)15)12(16)14-9-2-1-5-17-7-9/h3-4,6,9,15H,1-2,5,7H2,(H,14,16). The van der Waals surface area contributed by atoms with Crippen molar-refractivity contribution in [3.05, 3.63) is 28.8 Å². The maximum absolute atomic E-state index is 11.9. The maximum Gasteiger partial charge on any atom is 0.251 e. The van der Waals surface area contributed by atoms with Crippen molar-refractivity contribution in [3.8, 4) is 5.75 Å². The fraction of sp³-hybridized carbons (Fsp3) is 0.417.